The van der Waals surface area contributed by atoms with Crippen LogP contribution in [0.4, 0.5) is 19.4 Å². The van der Waals surface area contributed by atoms with Gasteiger partial charge in [0.15, 0.2) is 12.4 Å². The van der Waals surface area contributed by atoms with E-state index in [9.17, 15) is 23.5 Å². The third-order valence-corrected chi connectivity index (χ3v) is 7.56. The lowest BCUT2D eigenvalue weighted by molar-refractivity contribution is -0.154. The van der Waals surface area contributed by atoms with Gasteiger partial charge in [-0.3, -0.25) is 19.5 Å². The molecule has 0 aliphatic heterocycles. The van der Waals surface area contributed by atoms with Gasteiger partial charge in [-0.1, -0.05) is 0 Å². The maximum atomic E-state index is 12.7. The quantitative estimate of drug-likeness (QED) is 0.488. The summed E-state index contributed by atoms with van der Waals surface area (Å²) in [7, 11) is 3.11. The molecule has 0 saturated heterocycles. The summed E-state index contributed by atoms with van der Waals surface area (Å²) in [5, 5.41) is 23.7. The Morgan fingerprint density at radius 1 is 1.34 bits per heavy atom. The number of nitrogens with zero attached hydrogens (tertiary/aromatic N) is 4. The number of carboxylic acid groups (broad SMARTS) is 1. The number of carbonyl (C=O) groups is 2. The van der Waals surface area contributed by atoms with Crippen molar-refractivity contribution >= 4 is 17.8 Å². The van der Waals surface area contributed by atoms with E-state index in [0.29, 0.717) is 18.8 Å². The van der Waals surface area contributed by atoms with E-state index in [2.05, 4.69) is 20.6 Å². The van der Waals surface area contributed by atoms with Crippen molar-refractivity contribution in [2.75, 3.05) is 19.0 Å². The van der Waals surface area contributed by atoms with Gasteiger partial charge in [-0.15, -0.1) is 5.10 Å². The summed E-state index contributed by atoms with van der Waals surface area (Å²) < 4.78 is 36.5. The fraction of sp³-hybridized carbons (Fsp3) is 0.636. The SMILES string of the molecule is CO[C@@H]1C[C@@H](c2cc(NC(=O)c3cc(OCC(F)F)nn3C)n[nH]2)C[C@@H]1N(C(=O)O)C12CC(C1)C2. The van der Waals surface area contributed by atoms with E-state index in [1.54, 1.807) is 18.1 Å². The first-order valence-electron chi connectivity index (χ1n) is 11.6. The van der Waals surface area contributed by atoms with Gasteiger partial charge < -0.3 is 19.9 Å². The smallest absolute Gasteiger partial charge is 0.408 e. The number of carbonyl (C=O) groups excluding carboxylic acids is 1. The largest absolute Gasteiger partial charge is 0.471 e. The summed E-state index contributed by atoms with van der Waals surface area (Å²) in [6, 6.07) is 2.75. The molecule has 0 spiro atoms. The molecule has 6 rings (SSSR count). The second-order valence-electron chi connectivity index (χ2n) is 9.72. The van der Waals surface area contributed by atoms with E-state index in [1.165, 1.54) is 17.8 Å². The standard InChI is InChI=1S/C22H28F2N6O5/c1-29-15(6-19(28-29)35-10-17(23)24)20(31)25-18-5-13(26-27-18)12-3-14(16(4-12)34-2)30(21(32)33)22-7-11(8-22)9-22/h5-6,11-12,14,16-17H,3-4,7-10H2,1-2H3,(H,32,33)(H2,25,26,27,31)/t11?,12-,14-,16+,22?/m0/s1. The number of aromatic nitrogens is 4. The summed E-state index contributed by atoms with van der Waals surface area (Å²) in [4.78, 5) is 26.5. The Bertz CT molecular complexity index is 1100. The topological polar surface area (TPSA) is 135 Å². The first-order valence-corrected chi connectivity index (χ1v) is 11.6. The molecule has 0 unspecified atom stereocenters. The van der Waals surface area contributed by atoms with E-state index in [4.69, 9.17) is 9.47 Å². The Labute approximate surface area is 199 Å². The van der Waals surface area contributed by atoms with Crippen LogP contribution in [0.15, 0.2) is 12.1 Å². The molecular weight excluding hydrogens is 466 g/mol. The highest BCUT2D eigenvalue weighted by molar-refractivity contribution is 6.02. The van der Waals surface area contributed by atoms with E-state index < -0.39 is 25.0 Å². The maximum Gasteiger partial charge on any atom is 0.408 e. The molecule has 4 saturated carbocycles. The predicted octanol–water partition coefficient (Wildman–Crippen LogP) is 2.83. The van der Waals surface area contributed by atoms with E-state index in [1.807, 2.05) is 0 Å². The minimum atomic E-state index is -2.65. The van der Waals surface area contributed by atoms with Crippen LogP contribution >= 0.6 is 0 Å². The number of hydrogen-bond acceptors (Lipinski definition) is 6. The number of nitrogens with one attached hydrogen (secondary N) is 2. The van der Waals surface area contributed by atoms with Crippen molar-refractivity contribution in [3.63, 3.8) is 0 Å². The molecule has 0 radical (unpaired) electrons. The summed E-state index contributed by atoms with van der Waals surface area (Å²) in [6.07, 6.45) is 0.242. The van der Waals surface area contributed by atoms with Crippen LogP contribution in [0.5, 0.6) is 5.88 Å². The summed E-state index contributed by atoms with van der Waals surface area (Å²) in [5.41, 5.74) is 0.662. The maximum absolute atomic E-state index is 12.7. The van der Waals surface area contributed by atoms with Gasteiger partial charge in [-0.05, 0) is 38.0 Å². The highest BCUT2D eigenvalue weighted by atomic mass is 19.3. The number of ether oxygens (including phenoxy) is 2. The number of aryl methyl sites for hydroxylation is 1. The Kier molecular flexibility index (Phi) is 5.90. The molecule has 190 valence electrons. The number of H-pyrrole nitrogens is 1. The Morgan fingerprint density at radius 3 is 2.69 bits per heavy atom. The molecule has 2 aromatic rings. The molecule has 11 nitrogen and oxygen atoms in total. The van der Waals surface area contributed by atoms with E-state index >= 15 is 0 Å². The zero-order chi connectivity index (χ0) is 24.9. The van der Waals surface area contributed by atoms with E-state index in [0.717, 1.165) is 25.0 Å². The fourth-order valence-corrected chi connectivity index (χ4v) is 5.84. The van der Waals surface area contributed by atoms with Crippen LogP contribution in [0, 0.1) is 5.92 Å². The summed E-state index contributed by atoms with van der Waals surface area (Å²) in [6.45, 7) is -0.813. The molecule has 2 aromatic heterocycles. The lowest BCUT2D eigenvalue weighted by Crippen LogP contribution is -2.72. The molecule has 0 aromatic carbocycles. The van der Waals surface area contributed by atoms with Crippen molar-refractivity contribution in [3.05, 3.63) is 23.5 Å². The number of amides is 2. The Morgan fingerprint density at radius 2 is 2.09 bits per heavy atom. The average molecular weight is 494 g/mol. The lowest BCUT2D eigenvalue weighted by Gasteiger charge is -2.67. The molecular formula is C22H28F2N6O5. The predicted molar refractivity (Wildman–Crippen MR) is 118 cm³/mol. The average Bonchev–Trinajstić information content (AvgIpc) is 3.45. The number of alkyl halides is 2. The highest BCUT2D eigenvalue weighted by Gasteiger charge is 2.64. The Balaban J connectivity index is 1.25. The number of halogens is 2. The van der Waals surface area contributed by atoms with Crippen LogP contribution in [0.25, 0.3) is 0 Å². The third-order valence-electron chi connectivity index (χ3n) is 7.56. The second-order valence-corrected chi connectivity index (χ2v) is 9.72. The molecule has 3 atom stereocenters. The first kappa shape index (κ1) is 23.5. The van der Waals surface area contributed by atoms with Crippen molar-refractivity contribution in [2.24, 2.45) is 13.0 Å². The zero-order valence-electron chi connectivity index (χ0n) is 19.4. The molecule has 13 heteroatoms. The van der Waals surface area contributed by atoms with Crippen molar-refractivity contribution in [1.29, 1.82) is 0 Å². The van der Waals surface area contributed by atoms with Gasteiger partial charge >= 0.3 is 6.09 Å². The van der Waals surface area contributed by atoms with Crippen LogP contribution in [-0.2, 0) is 11.8 Å². The van der Waals surface area contributed by atoms with Crippen molar-refractivity contribution in [3.8, 4) is 5.88 Å². The molecule has 2 amide bonds. The first-order chi connectivity index (χ1) is 16.7. The minimum Gasteiger partial charge on any atom is -0.471 e. The third kappa shape index (κ3) is 4.21. The number of methoxy groups -OCH3 is 1. The molecule has 4 aliphatic rings. The second kappa shape index (κ2) is 8.77. The van der Waals surface area contributed by atoms with Gasteiger partial charge in [0.05, 0.1) is 12.1 Å². The highest BCUT2D eigenvalue weighted by Crippen LogP contribution is 2.62. The van der Waals surface area contributed by atoms with Gasteiger partial charge in [-0.25, -0.2) is 13.6 Å². The van der Waals surface area contributed by atoms with Crippen molar-refractivity contribution < 1.29 is 33.0 Å². The van der Waals surface area contributed by atoms with Gasteiger partial charge in [0.1, 0.15) is 5.69 Å². The van der Waals surface area contributed by atoms with Crippen molar-refractivity contribution in [2.45, 2.75) is 62.1 Å². The summed E-state index contributed by atoms with van der Waals surface area (Å²) >= 11 is 0. The lowest BCUT2D eigenvalue weighted by atomic mass is 9.49. The molecule has 2 heterocycles. The monoisotopic (exact) mass is 494 g/mol. The number of anilines is 1. The fourth-order valence-electron chi connectivity index (χ4n) is 5.84. The molecule has 4 fully saturated rings. The summed E-state index contributed by atoms with van der Waals surface area (Å²) in [5.74, 6) is 0.330. The van der Waals surface area contributed by atoms with Crippen LogP contribution in [-0.4, -0.2) is 79.8 Å². The number of aromatic amines is 1. The van der Waals surface area contributed by atoms with E-state index in [-0.39, 0.29) is 41.0 Å². The van der Waals surface area contributed by atoms with Crippen LogP contribution in [0.1, 0.15) is 54.2 Å². The van der Waals surface area contributed by atoms with Gasteiger partial charge in [0.2, 0.25) is 5.88 Å². The van der Waals surface area contributed by atoms with Gasteiger partial charge in [0, 0.05) is 43.4 Å². The Hall–Kier alpha value is -3.22. The van der Waals surface area contributed by atoms with Crippen LogP contribution in [0.3, 0.4) is 0 Å². The number of rotatable bonds is 9. The zero-order valence-corrected chi connectivity index (χ0v) is 19.4. The van der Waals surface area contributed by atoms with Crippen molar-refractivity contribution in [1.82, 2.24) is 24.9 Å². The molecule has 35 heavy (non-hydrogen) atoms. The number of hydrogen-bond donors (Lipinski definition) is 3. The molecule has 3 N–H and O–H groups in total. The minimum absolute atomic E-state index is 0.0108. The van der Waals surface area contributed by atoms with Crippen LogP contribution < -0.4 is 10.1 Å². The normalized spacial score (nSPS) is 28.9. The molecule has 4 aliphatic carbocycles. The van der Waals surface area contributed by atoms with Gasteiger partial charge in [0.25, 0.3) is 12.3 Å². The molecule has 2 bridgehead atoms. The van der Waals surface area contributed by atoms with Gasteiger partial charge in [-0.2, -0.15) is 5.10 Å². The van der Waals surface area contributed by atoms with Crippen LogP contribution in [0.2, 0.25) is 0 Å².